The van der Waals surface area contributed by atoms with Gasteiger partial charge >= 0.3 is 0 Å². The largest absolute Gasteiger partial charge is 0.339 e. The zero-order chi connectivity index (χ0) is 17.9. The summed E-state index contributed by atoms with van der Waals surface area (Å²) in [4.78, 5) is 19.9. The van der Waals surface area contributed by atoms with Crippen molar-refractivity contribution < 1.29 is 4.79 Å². The molecule has 0 N–H and O–H groups in total. The van der Waals surface area contributed by atoms with E-state index in [9.17, 15) is 4.79 Å². The molecule has 0 bridgehead atoms. The van der Waals surface area contributed by atoms with Gasteiger partial charge in [-0.3, -0.25) is 4.79 Å². The molecule has 1 aliphatic carbocycles. The molecule has 1 saturated carbocycles. The minimum absolute atomic E-state index is 0.281. The van der Waals surface area contributed by atoms with Crippen molar-refractivity contribution in [3.05, 3.63) is 36.9 Å². The normalized spacial score (nSPS) is 23.0. The number of nitrogens with zero attached hydrogens (tertiary/aromatic N) is 3. The zero-order valence-electron chi connectivity index (χ0n) is 15.3. The van der Waals surface area contributed by atoms with Crippen LogP contribution in [0.2, 0.25) is 0 Å². The highest BCUT2D eigenvalue weighted by Gasteiger charge is 2.35. The monoisotopic (exact) mass is 369 g/mol. The van der Waals surface area contributed by atoms with Crippen LogP contribution >= 0.6 is 11.8 Å². The van der Waals surface area contributed by atoms with Crippen molar-refractivity contribution in [2.24, 2.45) is 5.92 Å². The van der Waals surface area contributed by atoms with Gasteiger partial charge in [-0.05, 0) is 43.7 Å². The fraction of sp³-hybridized carbons (Fsp3) is 0.524. The lowest BCUT2D eigenvalue weighted by Gasteiger charge is -2.44. The first-order chi connectivity index (χ1) is 12.8. The molecule has 138 valence electrons. The molecule has 1 saturated heterocycles. The van der Waals surface area contributed by atoms with E-state index in [1.807, 2.05) is 24.3 Å². The minimum atomic E-state index is 0.281. The number of hydrogen-bond acceptors (Lipinski definition) is 3. The Bertz CT molecular complexity index is 798. The standard InChI is InChI=1S/C21H27N3OS/c1-2-13-24-19-12-6-4-10-17(19)22-21(24)26-15-20(25)23-14-7-9-16-8-3-5-11-18(16)23/h2,4,6,10,12,16,18H,1,3,5,7-9,11,13-15H2. The van der Waals surface area contributed by atoms with Crippen LogP contribution in [-0.2, 0) is 11.3 Å². The fourth-order valence-electron chi connectivity index (χ4n) is 4.61. The summed E-state index contributed by atoms with van der Waals surface area (Å²) >= 11 is 1.57. The number of piperidine rings is 1. The summed E-state index contributed by atoms with van der Waals surface area (Å²) in [6, 6.07) is 8.62. The lowest BCUT2D eigenvalue weighted by atomic mass is 9.78. The van der Waals surface area contributed by atoms with Gasteiger partial charge in [0.1, 0.15) is 0 Å². The third-order valence-electron chi connectivity index (χ3n) is 5.82. The van der Waals surface area contributed by atoms with Crippen LogP contribution in [0.3, 0.4) is 0 Å². The average Bonchev–Trinajstić information content (AvgIpc) is 3.04. The smallest absolute Gasteiger partial charge is 0.233 e. The van der Waals surface area contributed by atoms with Crippen LogP contribution in [-0.4, -0.2) is 38.7 Å². The molecule has 2 atom stereocenters. The minimum Gasteiger partial charge on any atom is -0.339 e. The topological polar surface area (TPSA) is 38.1 Å². The molecule has 2 unspecified atom stereocenters. The lowest BCUT2D eigenvalue weighted by Crippen LogP contribution is -2.50. The number of carbonyl (C=O) groups is 1. The van der Waals surface area contributed by atoms with Crippen LogP contribution < -0.4 is 0 Å². The van der Waals surface area contributed by atoms with Gasteiger partial charge in [-0.1, -0.05) is 42.8 Å². The number of benzene rings is 1. The lowest BCUT2D eigenvalue weighted by molar-refractivity contribution is -0.134. The van der Waals surface area contributed by atoms with Gasteiger partial charge in [0.15, 0.2) is 5.16 Å². The van der Waals surface area contributed by atoms with E-state index in [1.165, 1.54) is 32.1 Å². The maximum absolute atomic E-state index is 13.0. The molecular weight excluding hydrogens is 342 g/mol. The van der Waals surface area contributed by atoms with Crippen molar-refractivity contribution >= 4 is 28.7 Å². The van der Waals surface area contributed by atoms with Crippen LogP contribution in [0.15, 0.2) is 42.1 Å². The van der Waals surface area contributed by atoms with Crippen molar-refractivity contribution in [2.45, 2.75) is 56.3 Å². The highest BCUT2D eigenvalue weighted by molar-refractivity contribution is 7.99. The van der Waals surface area contributed by atoms with Crippen LogP contribution in [0.25, 0.3) is 11.0 Å². The Kier molecular flexibility index (Phi) is 5.34. The molecule has 0 spiro atoms. The van der Waals surface area contributed by atoms with E-state index in [0.29, 0.717) is 18.3 Å². The number of fused-ring (bicyclic) bond motifs is 2. The van der Waals surface area contributed by atoms with Crippen LogP contribution in [0.4, 0.5) is 0 Å². The number of hydrogen-bond donors (Lipinski definition) is 0. The van der Waals surface area contributed by atoms with Gasteiger partial charge in [-0.2, -0.15) is 0 Å². The molecule has 2 heterocycles. The number of thioether (sulfide) groups is 1. The molecule has 1 amide bonds. The Balaban J connectivity index is 1.48. The summed E-state index contributed by atoms with van der Waals surface area (Å²) in [5.41, 5.74) is 2.09. The van der Waals surface area contributed by atoms with E-state index < -0.39 is 0 Å². The molecule has 4 nitrogen and oxygen atoms in total. The number of allylic oxidation sites excluding steroid dienone is 1. The van der Waals surface area contributed by atoms with Gasteiger partial charge < -0.3 is 9.47 Å². The van der Waals surface area contributed by atoms with Crippen LogP contribution in [0, 0.1) is 5.92 Å². The van der Waals surface area contributed by atoms with E-state index >= 15 is 0 Å². The van der Waals surface area contributed by atoms with Crippen molar-refractivity contribution in [2.75, 3.05) is 12.3 Å². The molecule has 2 aliphatic rings. The number of para-hydroxylation sites is 2. The number of rotatable bonds is 5. The molecule has 2 aromatic rings. The number of likely N-dealkylation sites (tertiary alicyclic amines) is 1. The second-order valence-corrected chi connectivity index (χ2v) is 8.35. The highest BCUT2D eigenvalue weighted by atomic mass is 32.2. The predicted octanol–water partition coefficient (Wildman–Crippen LogP) is 4.50. The summed E-state index contributed by atoms with van der Waals surface area (Å²) in [5.74, 6) is 1.49. The predicted molar refractivity (Wildman–Crippen MR) is 107 cm³/mol. The summed E-state index contributed by atoms with van der Waals surface area (Å²) < 4.78 is 2.15. The van der Waals surface area contributed by atoms with Crippen molar-refractivity contribution in [1.82, 2.24) is 14.5 Å². The Morgan fingerprint density at radius 2 is 2.04 bits per heavy atom. The summed E-state index contributed by atoms with van der Waals surface area (Å²) in [5, 5.41) is 0.914. The quantitative estimate of drug-likeness (QED) is 0.575. The summed E-state index contributed by atoms with van der Waals surface area (Å²) in [6.45, 7) is 5.51. The molecule has 1 aromatic heterocycles. The second kappa shape index (κ2) is 7.87. The SMILES string of the molecule is C=CCn1c(SCC(=O)N2CCCC3CCCCC32)nc2ccccc21. The maximum Gasteiger partial charge on any atom is 0.233 e. The van der Waals surface area contributed by atoms with Gasteiger partial charge in [0.2, 0.25) is 5.91 Å². The Hall–Kier alpha value is -1.75. The number of aromatic nitrogens is 2. The number of imidazole rings is 1. The number of amides is 1. The molecule has 0 radical (unpaired) electrons. The van der Waals surface area contributed by atoms with E-state index in [-0.39, 0.29) is 5.91 Å². The summed E-state index contributed by atoms with van der Waals surface area (Å²) in [6.07, 6.45) is 9.45. The van der Waals surface area contributed by atoms with E-state index in [2.05, 4.69) is 22.1 Å². The summed E-state index contributed by atoms with van der Waals surface area (Å²) in [7, 11) is 0. The first-order valence-corrected chi connectivity index (χ1v) is 10.7. The molecule has 1 aliphatic heterocycles. The highest BCUT2D eigenvalue weighted by Crippen LogP contribution is 2.36. The van der Waals surface area contributed by atoms with Gasteiger partial charge in [0.25, 0.3) is 0 Å². The Morgan fingerprint density at radius 1 is 1.23 bits per heavy atom. The molecule has 4 rings (SSSR count). The average molecular weight is 370 g/mol. The zero-order valence-corrected chi connectivity index (χ0v) is 16.1. The van der Waals surface area contributed by atoms with Gasteiger partial charge in [0.05, 0.1) is 16.8 Å². The third kappa shape index (κ3) is 3.41. The first-order valence-electron chi connectivity index (χ1n) is 9.76. The Morgan fingerprint density at radius 3 is 2.92 bits per heavy atom. The first kappa shape index (κ1) is 17.7. The van der Waals surface area contributed by atoms with Gasteiger partial charge in [-0.15, -0.1) is 6.58 Å². The van der Waals surface area contributed by atoms with E-state index in [0.717, 1.165) is 35.1 Å². The maximum atomic E-state index is 13.0. The molecular formula is C21H27N3OS. The van der Waals surface area contributed by atoms with Gasteiger partial charge in [0, 0.05) is 19.1 Å². The van der Waals surface area contributed by atoms with E-state index in [1.54, 1.807) is 11.8 Å². The van der Waals surface area contributed by atoms with Crippen molar-refractivity contribution in [3.63, 3.8) is 0 Å². The van der Waals surface area contributed by atoms with Crippen molar-refractivity contribution in [3.8, 4) is 0 Å². The third-order valence-corrected chi connectivity index (χ3v) is 6.78. The fourth-order valence-corrected chi connectivity index (χ4v) is 5.52. The van der Waals surface area contributed by atoms with E-state index in [4.69, 9.17) is 4.98 Å². The molecule has 26 heavy (non-hydrogen) atoms. The van der Waals surface area contributed by atoms with Crippen molar-refractivity contribution in [1.29, 1.82) is 0 Å². The molecule has 1 aromatic carbocycles. The molecule has 2 fully saturated rings. The number of carbonyl (C=O) groups excluding carboxylic acids is 1. The Labute approximate surface area is 159 Å². The second-order valence-electron chi connectivity index (χ2n) is 7.41. The van der Waals surface area contributed by atoms with Crippen LogP contribution in [0.5, 0.6) is 0 Å². The van der Waals surface area contributed by atoms with Gasteiger partial charge in [-0.25, -0.2) is 4.98 Å². The van der Waals surface area contributed by atoms with Crippen LogP contribution in [0.1, 0.15) is 38.5 Å². The molecule has 5 heteroatoms.